The third kappa shape index (κ3) is 3.51. The highest BCUT2D eigenvalue weighted by atomic mass is 35.5. The van der Waals surface area contributed by atoms with Gasteiger partial charge in [-0.2, -0.15) is 0 Å². The van der Waals surface area contributed by atoms with Crippen LogP contribution < -0.4 is 5.63 Å². The van der Waals surface area contributed by atoms with Crippen molar-refractivity contribution < 1.29 is 4.42 Å². The average Bonchev–Trinajstić information content (AvgIpc) is 3.01. The molecule has 4 nitrogen and oxygen atoms in total. The normalized spacial score (nSPS) is 25.8. The maximum atomic E-state index is 12.6. The summed E-state index contributed by atoms with van der Waals surface area (Å²) in [5.41, 5.74) is 3.40. The van der Waals surface area contributed by atoms with Gasteiger partial charge >= 0.3 is 5.63 Å². The zero-order chi connectivity index (χ0) is 19.3. The molecule has 1 saturated carbocycles. The van der Waals surface area contributed by atoms with Gasteiger partial charge in [-0.1, -0.05) is 11.6 Å². The van der Waals surface area contributed by atoms with E-state index >= 15 is 0 Å². The summed E-state index contributed by atoms with van der Waals surface area (Å²) in [6, 6.07) is 3.86. The van der Waals surface area contributed by atoms with Gasteiger partial charge in [0.1, 0.15) is 5.58 Å². The van der Waals surface area contributed by atoms with E-state index in [1.165, 1.54) is 38.8 Å². The fourth-order valence-electron chi connectivity index (χ4n) is 5.50. The molecule has 1 aliphatic carbocycles. The molecule has 150 valence electrons. The Kier molecular flexibility index (Phi) is 4.98. The summed E-state index contributed by atoms with van der Waals surface area (Å²) >= 11 is 6.34. The number of hydrogen-bond acceptors (Lipinski definition) is 4. The molecule has 3 aliphatic heterocycles. The van der Waals surface area contributed by atoms with Gasteiger partial charge in [-0.15, -0.1) is 0 Å². The van der Waals surface area contributed by atoms with Crippen molar-refractivity contribution in [1.82, 2.24) is 9.80 Å². The molecule has 1 aromatic heterocycles. The number of nitrogens with zero attached hydrogens (tertiary/aromatic N) is 2. The van der Waals surface area contributed by atoms with Gasteiger partial charge in [0.25, 0.3) is 0 Å². The molecule has 2 bridgehead atoms. The largest absolute Gasteiger partial charge is 0.422 e. The van der Waals surface area contributed by atoms with Crippen molar-refractivity contribution in [3.05, 3.63) is 44.3 Å². The number of benzene rings is 1. The summed E-state index contributed by atoms with van der Waals surface area (Å²) in [5, 5.41) is 1.75. The van der Waals surface area contributed by atoms with E-state index in [0.717, 1.165) is 65.0 Å². The fraction of sp³-hybridized carbons (Fsp3) is 0.609. The van der Waals surface area contributed by atoms with Gasteiger partial charge < -0.3 is 9.32 Å². The Hall–Kier alpha value is -1.36. The van der Waals surface area contributed by atoms with Crippen molar-refractivity contribution in [1.29, 1.82) is 0 Å². The summed E-state index contributed by atoms with van der Waals surface area (Å²) in [7, 11) is 0. The van der Waals surface area contributed by atoms with Crippen molar-refractivity contribution in [2.45, 2.75) is 45.6 Å². The van der Waals surface area contributed by atoms with Gasteiger partial charge in [0.05, 0.1) is 5.56 Å². The van der Waals surface area contributed by atoms with Gasteiger partial charge in [0.15, 0.2) is 0 Å². The van der Waals surface area contributed by atoms with Gasteiger partial charge in [0.2, 0.25) is 0 Å². The van der Waals surface area contributed by atoms with Crippen LogP contribution in [0.2, 0.25) is 5.02 Å². The summed E-state index contributed by atoms with van der Waals surface area (Å²) in [6.07, 6.45) is 6.59. The molecule has 2 aromatic rings. The molecule has 0 spiro atoms. The number of aryl methyl sites for hydroxylation is 1. The predicted molar refractivity (Wildman–Crippen MR) is 113 cm³/mol. The topological polar surface area (TPSA) is 36.7 Å². The molecule has 1 aromatic carbocycles. The highest BCUT2D eigenvalue weighted by Gasteiger charge is 2.30. The maximum absolute atomic E-state index is 12.6. The molecule has 0 N–H and O–H groups in total. The molecular formula is C23H29ClN2O2. The zero-order valence-corrected chi connectivity index (χ0v) is 17.4. The summed E-state index contributed by atoms with van der Waals surface area (Å²) in [6.45, 7) is 8.32. The van der Waals surface area contributed by atoms with E-state index in [9.17, 15) is 4.79 Å². The second kappa shape index (κ2) is 7.47. The molecule has 28 heavy (non-hydrogen) atoms. The minimum absolute atomic E-state index is 0.179. The Bertz CT molecular complexity index is 932. The van der Waals surface area contributed by atoms with E-state index in [2.05, 4.69) is 9.80 Å². The van der Waals surface area contributed by atoms with Crippen molar-refractivity contribution in [2.75, 3.05) is 32.7 Å². The first-order valence-corrected chi connectivity index (χ1v) is 11.1. The van der Waals surface area contributed by atoms with Gasteiger partial charge in [-0.3, -0.25) is 4.90 Å². The lowest BCUT2D eigenvalue weighted by Crippen LogP contribution is -2.40. The van der Waals surface area contributed by atoms with Crippen molar-refractivity contribution in [3.8, 4) is 0 Å². The monoisotopic (exact) mass is 400 g/mol. The van der Waals surface area contributed by atoms with Crippen molar-refractivity contribution in [2.24, 2.45) is 11.8 Å². The van der Waals surface area contributed by atoms with Crippen LogP contribution in [0.15, 0.2) is 21.3 Å². The van der Waals surface area contributed by atoms with E-state index < -0.39 is 0 Å². The first-order valence-electron chi connectivity index (χ1n) is 10.8. The lowest BCUT2D eigenvalue weighted by molar-refractivity contribution is 0.182. The van der Waals surface area contributed by atoms with Crippen LogP contribution >= 0.6 is 11.6 Å². The number of halogens is 1. The van der Waals surface area contributed by atoms with E-state index in [0.29, 0.717) is 12.1 Å². The average molecular weight is 401 g/mol. The van der Waals surface area contributed by atoms with Crippen LogP contribution in [0.4, 0.5) is 0 Å². The molecule has 0 unspecified atom stereocenters. The summed E-state index contributed by atoms with van der Waals surface area (Å²) in [5.74, 6) is 1.82. The molecule has 2 saturated heterocycles. The first kappa shape index (κ1) is 18.7. The SMILES string of the molecule is Cc1cc2oc(=O)c3c(c2cc1Cl)CCN(CCN1CC2CCC(CC2)C1)C3. The molecule has 0 atom stereocenters. The molecule has 0 radical (unpaired) electrons. The first-order chi connectivity index (χ1) is 13.6. The molecular weight excluding hydrogens is 372 g/mol. The minimum atomic E-state index is -0.179. The standard InChI is InChI=1S/C23H29ClN2O2/c1-15-10-22-19(11-21(15)24)18-6-7-25(14-20(18)23(27)28-22)8-9-26-12-16-2-3-17(13-26)5-4-16/h10-11,16-17H,2-9,12-14H2,1H3. The van der Waals surface area contributed by atoms with Crippen LogP contribution in [-0.4, -0.2) is 42.5 Å². The van der Waals surface area contributed by atoms with Crippen LogP contribution in [0.5, 0.6) is 0 Å². The van der Waals surface area contributed by atoms with Gasteiger partial charge in [-0.05, 0) is 74.1 Å². The second-order valence-electron chi connectivity index (χ2n) is 9.12. The molecule has 6 rings (SSSR count). The number of fused-ring (bicyclic) bond motifs is 7. The van der Waals surface area contributed by atoms with E-state index in [4.69, 9.17) is 16.0 Å². The molecule has 5 heteroatoms. The fourth-order valence-corrected chi connectivity index (χ4v) is 5.66. The van der Waals surface area contributed by atoms with E-state index in [1.54, 1.807) is 0 Å². The Labute approximate surface area is 171 Å². The summed E-state index contributed by atoms with van der Waals surface area (Å²) in [4.78, 5) is 17.7. The lowest BCUT2D eigenvalue weighted by Gasteiger charge is -2.31. The van der Waals surface area contributed by atoms with Gasteiger partial charge in [0, 0.05) is 49.7 Å². The lowest BCUT2D eigenvalue weighted by atomic mass is 9.84. The highest BCUT2D eigenvalue weighted by molar-refractivity contribution is 6.32. The zero-order valence-electron chi connectivity index (χ0n) is 16.7. The van der Waals surface area contributed by atoms with Crippen LogP contribution in [0.25, 0.3) is 11.0 Å². The quantitative estimate of drug-likeness (QED) is 0.722. The molecule has 4 heterocycles. The van der Waals surface area contributed by atoms with Crippen molar-refractivity contribution >= 4 is 22.6 Å². The minimum Gasteiger partial charge on any atom is -0.422 e. The molecule has 4 aliphatic rings. The van der Waals surface area contributed by atoms with Crippen LogP contribution in [0, 0.1) is 18.8 Å². The Morgan fingerprint density at radius 1 is 1.04 bits per heavy atom. The Morgan fingerprint density at radius 2 is 1.71 bits per heavy atom. The summed E-state index contributed by atoms with van der Waals surface area (Å²) < 4.78 is 5.64. The Morgan fingerprint density at radius 3 is 2.43 bits per heavy atom. The smallest absolute Gasteiger partial charge is 0.341 e. The number of rotatable bonds is 3. The third-order valence-electron chi connectivity index (χ3n) is 7.19. The maximum Gasteiger partial charge on any atom is 0.341 e. The highest BCUT2D eigenvalue weighted by Crippen LogP contribution is 2.34. The van der Waals surface area contributed by atoms with Crippen LogP contribution in [0.3, 0.4) is 0 Å². The molecule has 3 fully saturated rings. The van der Waals surface area contributed by atoms with Gasteiger partial charge in [-0.25, -0.2) is 4.79 Å². The van der Waals surface area contributed by atoms with E-state index in [1.807, 2.05) is 19.1 Å². The predicted octanol–water partition coefficient (Wildman–Crippen LogP) is 4.23. The van der Waals surface area contributed by atoms with Crippen molar-refractivity contribution in [3.63, 3.8) is 0 Å². The second-order valence-corrected chi connectivity index (χ2v) is 9.52. The third-order valence-corrected chi connectivity index (χ3v) is 7.60. The molecule has 0 amide bonds. The van der Waals surface area contributed by atoms with Crippen LogP contribution in [-0.2, 0) is 13.0 Å². The number of hydrogen-bond donors (Lipinski definition) is 0. The van der Waals surface area contributed by atoms with Crippen LogP contribution in [0.1, 0.15) is 42.4 Å². The Balaban J connectivity index is 1.32. The van der Waals surface area contributed by atoms with E-state index in [-0.39, 0.29) is 5.63 Å².